The number of hydrogen-bond acceptors (Lipinski definition) is 2. The Morgan fingerprint density at radius 2 is 2.08 bits per heavy atom. The zero-order valence-electron chi connectivity index (χ0n) is 8.71. The van der Waals surface area contributed by atoms with E-state index in [9.17, 15) is 4.21 Å². The second-order valence-electron chi connectivity index (χ2n) is 3.88. The number of rotatable bonds is 4. The Morgan fingerprint density at radius 1 is 1.38 bits per heavy atom. The van der Waals surface area contributed by atoms with Crippen molar-refractivity contribution in [3.63, 3.8) is 0 Å². The Balaban J connectivity index is 2.41. The van der Waals surface area contributed by atoms with Crippen molar-refractivity contribution < 1.29 is 4.21 Å². The van der Waals surface area contributed by atoms with Crippen LogP contribution in [0.5, 0.6) is 0 Å². The molecular weight excluding hydrogens is 182 g/mol. The van der Waals surface area contributed by atoms with Crippen molar-refractivity contribution in [3.8, 4) is 0 Å². The van der Waals surface area contributed by atoms with Crippen molar-refractivity contribution in [1.29, 1.82) is 0 Å². The minimum atomic E-state index is -0.648. The third-order valence-electron chi connectivity index (χ3n) is 2.79. The second-order valence-corrected chi connectivity index (χ2v) is 5.48. The van der Waals surface area contributed by atoms with Gasteiger partial charge in [-0.05, 0) is 25.8 Å². The highest BCUT2D eigenvalue weighted by molar-refractivity contribution is 7.85. The van der Waals surface area contributed by atoms with Gasteiger partial charge in [0.1, 0.15) is 0 Å². The normalized spacial score (nSPS) is 31.5. The van der Waals surface area contributed by atoms with Crippen LogP contribution in [0, 0.1) is 0 Å². The van der Waals surface area contributed by atoms with E-state index in [1.165, 1.54) is 25.7 Å². The monoisotopic (exact) mass is 203 g/mol. The predicted molar refractivity (Wildman–Crippen MR) is 58.4 cm³/mol. The molecule has 3 heteroatoms. The average molecular weight is 203 g/mol. The summed E-state index contributed by atoms with van der Waals surface area (Å²) in [7, 11) is -0.648. The quantitative estimate of drug-likeness (QED) is 0.753. The molecule has 3 unspecified atom stereocenters. The lowest BCUT2D eigenvalue weighted by Crippen LogP contribution is -2.44. The average Bonchev–Trinajstić information content (AvgIpc) is 2.15. The molecule has 0 aliphatic heterocycles. The van der Waals surface area contributed by atoms with Gasteiger partial charge in [-0.25, -0.2) is 0 Å². The van der Waals surface area contributed by atoms with Crippen molar-refractivity contribution in [2.24, 2.45) is 0 Å². The summed E-state index contributed by atoms with van der Waals surface area (Å²) < 4.78 is 11.4. The topological polar surface area (TPSA) is 29.1 Å². The summed E-state index contributed by atoms with van der Waals surface area (Å²) in [5.41, 5.74) is 0. The van der Waals surface area contributed by atoms with Gasteiger partial charge in [0.2, 0.25) is 0 Å². The first-order valence-electron chi connectivity index (χ1n) is 5.31. The van der Waals surface area contributed by atoms with Gasteiger partial charge in [0.25, 0.3) is 0 Å². The highest BCUT2D eigenvalue weighted by atomic mass is 32.2. The number of nitrogens with one attached hydrogen (secondary N) is 1. The molecule has 0 aromatic heterocycles. The molecule has 2 nitrogen and oxygen atoms in total. The molecule has 1 N–H and O–H groups in total. The van der Waals surface area contributed by atoms with Gasteiger partial charge in [0, 0.05) is 28.3 Å². The van der Waals surface area contributed by atoms with Gasteiger partial charge in [-0.2, -0.15) is 0 Å². The fourth-order valence-corrected chi connectivity index (χ4v) is 3.25. The van der Waals surface area contributed by atoms with Gasteiger partial charge in [-0.15, -0.1) is 0 Å². The van der Waals surface area contributed by atoms with E-state index >= 15 is 0 Å². The SMILES string of the molecule is CCCNC1CCCCC1S(C)=O. The van der Waals surface area contributed by atoms with Gasteiger partial charge >= 0.3 is 0 Å². The third-order valence-corrected chi connectivity index (χ3v) is 4.20. The summed E-state index contributed by atoms with van der Waals surface area (Å²) >= 11 is 0. The van der Waals surface area contributed by atoms with Crippen LogP contribution in [-0.4, -0.2) is 28.3 Å². The van der Waals surface area contributed by atoms with Crippen LogP contribution < -0.4 is 5.32 Å². The lowest BCUT2D eigenvalue weighted by Gasteiger charge is -2.30. The Kier molecular flexibility index (Phi) is 4.96. The van der Waals surface area contributed by atoms with Crippen molar-refractivity contribution in [2.75, 3.05) is 12.8 Å². The maximum absolute atomic E-state index is 11.4. The Morgan fingerprint density at radius 3 is 2.69 bits per heavy atom. The zero-order chi connectivity index (χ0) is 9.68. The molecule has 3 atom stereocenters. The van der Waals surface area contributed by atoms with Crippen molar-refractivity contribution in [2.45, 2.75) is 50.3 Å². The summed E-state index contributed by atoms with van der Waals surface area (Å²) in [6, 6.07) is 0.513. The summed E-state index contributed by atoms with van der Waals surface area (Å²) in [5.74, 6) is 0. The van der Waals surface area contributed by atoms with Crippen molar-refractivity contribution in [1.82, 2.24) is 5.32 Å². The van der Waals surface area contributed by atoms with E-state index in [1.807, 2.05) is 6.26 Å². The Hall–Kier alpha value is 0.110. The summed E-state index contributed by atoms with van der Waals surface area (Å²) in [6.45, 7) is 3.24. The van der Waals surface area contributed by atoms with Gasteiger partial charge in [-0.3, -0.25) is 4.21 Å². The lowest BCUT2D eigenvalue weighted by atomic mass is 9.95. The third kappa shape index (κ3) is 3.39. The highest BCUT2D eigenvalue weighted by Gasteiger charge is 2.26. The molecule has 0 bridgehead atoms. The Bertz CT molecular complexity index is 172. The van der Waals surface area contributed by atoms with Crippen LogP contribution in [0.15, 0.2) is 0 Å². The maximum atomic E-state index is 11.4. The molecule has 0 amide bonds. The number of hydrogen-bond donors (Lipinski definition) is 1. The van der Waals surface area contributed by atoms with E-state index in [0.29, 0.717) is 11.3 Å². The summed E-state index contributed by atoms with van der Waals surface area (Å²) in [4.78, 5) is 0. The van der Waals surface area contributed by atoms with Crippen LogP contribution in [0.2, 0.25) is 0 Å². The molecule has 1 saturated carbocycles. The van der Waals surface area contributed by atoms with Crippen LogP contribution in [-0.2, 0) is 10.8 Å². The summed E-state index contributed by atoms with van der Waals surface area (Å²) in [6.07, 6.45) is 7.93. The fraction of sp³-hybridized carbons (Fsp3) is 1.00. The van der Waals surface area contributed by atoms with E-state index in [2.05, 4.69) is 12.2 Å². The van der Waals surface area contributed by atoms with E-state index < -0.39 is 10.8 Å². The molecule has 0 heterocycles. The Labute approximate surface area is 83.9 Å². The second kappa shape index (κ2) is 5.76. The van der Waals surface area contributed by atoms with Gasteiger partial charge in [0.05, 0.1) is 0 Å². The van der Waals surface area contributed by atoms with E-state index in [0.717, 1.165) is 13.0 Å². The van der Waals surface area contributed by atoms with Crippen LogP contribution in [0.4, 0.5) is 0 Å². The molecule has 0 aromatic rings. The van der Waals surface area contributed by atoms with Crippen LogP contribution in [0.3, 0.4) is 0 Å². The molecule has 0 radical (unpaired) electrons. The van der Waals surface area contributed by atoms with Crippen LogP contribution in [0.1, 0.15) is 39.0 Å². The van der Waals surface area contributed by atoms with Crippen molar-refractivity contribution >= 4 is 10.8 Å². The smallest absolute Gasteiger partial charge is 0.0498 e. The molecule has 0 saturated heterocycles. The lowest BCUT2D eigenvalue weighted by molar-refractivity contribution is 0.380. The highest BCUT2D eigenvalue weighted by Crippen LogP contribution is 2.22. The van der Waals surface area contributed by atoms with Gasteiger partial charge < -0.3 is 5.32 Å². The maximum Gasteiger partial charge on any atom is 0.0498 e. The predicted octanol–water partition coefficient (Wildman–Crippen LogP) is 1.68. The summed E-state index contributed by atoms with van der Waals surface area (Å²) in [5, 5.41) is 3.91. The molecule has 0 spiro atoms. The molecular formula is C10H21NOS. The first-order chi connectivity index (χ1) is 6.25. The molecule has 0 aromatic carbocycles. The minimum Gasteiger partial charge on any atom is -0.313 e. The largest absolute Gasteiger partial charge is 0.313 e. The molecule has 78 valence electrons. The van der Waals surface area contributed by atoms with Crippen LogP contribution >= 0.6 is 0 Å². The van der Waals surface area contributed by atoms with E-state index in [4.69, 9.17) is 0 Å². The van der Waals surface area contributed by atoms with Gasteiger partial charge in [-0.1, -0.05) is 19.8 Å². The minimum absolute atomic E-state index is 0.403. The fourth-order valence-electron chi connectivity index (χ4n) is 2.06. The van der Waals surface area contributed by atoms with Gasteiger partial charge in [0.15, 0.2) is 0 Å². The van der Waals surface area contributed by atoms with E-state index in [-0.39, 0.29) is 0 Å². The van der Waals surface area contributed by atoms with Crippen LogP contribution in [0.25, 0.3) is 0 Å². The van der Waals surface area contributed by atoms with E-state index in [1.54, 1.807) is 0 Å². The molecule has 1 aliphatic carbocycles. The van der Waals surface area contributed by atoms with Crippen molar-refractivity contribution in [3.05, 3.63) is 0 Å². The first kappa shape index (κ1) is 11.2. The first-order valence-corrected chi connectivity index (χ1v) is 6.93. The molecule has 1 aliphatic rings. The standard InChI is InChI=1S/C10H21NOS/c1-3-8-11-9-6-4-5-7-10(9)13(2)12/h9-11H,3-8H2,1-2H3. The molecule has 13 heavy (non-hydrogen) atoms. The molecule has 1 fully saturated rings. The zero-order valence-corrected chi connectivity index (χ0v) is 9.53. The molecule has 1 rings (SSSR count).